The van der Waals surface area contributed by atoms with E-state index >= 15 is 0 Å². The number of hydrogen-bond donors (Lipinski definition) is 1. The summed E-state index contributed by atoms with van der Waals surface area (Å²) < 4.78 is 0. The van der Waals surface area contributed by atoms with Crippen LogP contribution in [-0.4, -0.2) is 56.0 Å². The highest BCUT2D eigenvalue weighted by atomic mass is 16.2. The molecule has 1 saturated heterocycles. The van der Waals surface area contributed by atoms with E-state index in [0.717, 1.165) is 32.5 Å². The third-order valence-corrected chi connectivity index (χ3v) is 2.66. The molecule has 0 aliphatic carbocycles. The fourth-order valence-corrected chi connectivity index (χ4v) is 1.90. The molecule has 1 aliphatic heterocycles. The Morgan fingerprint density at radius 3 is 2.86 bits per heavy atom. The number of nitrogens with zero attached hydrogens (tertiary/aromatic N) is 2. The SMILES string of the molecule is CN(C)CC(=O)N1CCC(CCN)C1. The number of hydrogen-bond acceptors (Lipinski definition) is 3. The molecule has 1 unspecified atom stereocenters. The first-order chi connectivity index (χ1) is 6.63. The lowest BCUT2D eigenvalue weighted by atomic mass is 10.1. The lowest BCUT2D eigenvalue weighted by Crippen LogP contribution is -2.36. The predicted molar refractivity (Wildman–Crippen MR) is 56.9 cm³/mol. The molecule has 1 aliphatic rings. The van der Waals surface area contributed by atoms with Gasteiger partial charge in [0.1, 0.15) is 0 Å². The maximum absolute atomic E-state index is 11.7. The van der Waals surface area contributed by atoms with E-state index in [0.29, 0.717) is 12.5 Å². The summed E-state index contributed by atoms with van der Waals surface area (Å²) in [5.74, 6) is 0.876. The number of carbonyl (C=O) groups excluding carboxylic acids is 1. The average Bonchev–Trinajstić information content (AvgIpc) is 2.52. The molecule has 0 aromatic rings. The van der Waals surface area contributed by atoms with Crippen LogP contribution >= 0.6 is 0 Å². The maximum atomic E-state index is 11.7. The molecular weight excluding hydrogens is 178 g/mol. The minimum absolute atomic E-state index is 0.245. The highest BCUT2D eigenvalue weighted by molar-refractivity contribution is 5.78. The Kier molecular flexibility index (Phi) is 4.35. The first-order valence-electron chi connectivity index (χ1n) is 5.26. The van der Waals surface area contributed by atoms with Gasteiger partial charge in [-0.05, 0) is 39.4 Å². The van der Waals surface area contributed by atoms with Crippen LogP contribution in [0.5, 0.6) is 0 Å². The Morgan fingerprint density at radius 1 is 1.57 bits per heavy atom. The van der Waals surface area contributed by atoms with Gasteiger partial charge in [0.25, 0.3) is 0 Å². The maximum Gasteiger partial charge on any atom is 0.236 e. The summed E-state index contributed by atoms with van der Waals surface area (Å²) in [7, 11) is 3.84. The molecule has 14 heavy (non-hydrogen) atoms. The van der Waals surface area contributed by atoms with Crippen LogP contribution in [0.3, 0.4) is 0 Å². The second kappa shape index (κ2) is 5.32. The van der Waals surface area contributed by atoms with Crippen molar-refractivity contribution in [2.24, 2.45) is 11.7 Å². The van der Waals surface area contributed by atoms with E-state index in [1.54, 1.807) is 0 Å². The highest BCUT2D eigenvalue weighted by Gasteiger charge is 2.25. The molecule has 1 rings (SSSR count). The molecule has 1 atom stereocenters. The standard InChI is InChI=1S/C10H21N3O/c1-12(2)8-10(14)13-6-4-9(7-13)3-5-11/h9H,3-8,11H2,1-2H3. The molecule has 0 radical (unpaired) electrons. The molecule has 0 aromatic heterocycles. The van der Waals surface area contributed by atoms with Crippen molar-refractivity contribution in [1.29, 1.82) is 0 Å². The van der Waals surface area contributed by atoms with Crippen molar-refractivity contribution in [2.45, 2.75) is 12.8 Å². The third kappa shape index (κ3) is 3.27. The van der Waals surface area contributed by atoms with Crippen LogP contribution < -0.4 is 5.73 Å². The Morgan fingerprint density at radius 2 is 2.29 bits per heavy atom. The van der Waals surface area contributed by atoms with Crippen LogP contribution in [0.2, 0.25) is 0 Å². The molecule has 82 valence electrons. The lowest BCUT2D eigenvalue weighted by Gasteiger charge is -2.18. The fraction of sp³-hybridized carbons (Fsp3) is 0.900. The number of amides is 1. The van der Waals surface area contributed by atoms with Crippen molar-refractivity contribution in [3.63, 3.8) is 0 Å². The summed E-state index contributed by atoms with van der Waals surface area (Å²) in [5, 5.41) is 0. The van der Waals surface area contributed by atoms with Crippen LogP contribution in [0, 0.1) is 5.92 Å². The molecule has 4 heteroatoms. The molecule has 0 spiro atoms. The number of likely N-dealkylation sites (tertiary alicyclic amines) is 1. The quantitative estimate of drug-likeness (QED) is 0.679. The van der Waals surface area contributed by atoms with E-state index in [-0.39, 0.29) is 5.91 Å². The summed E-state index contributed by atoms with van der Waals surface area (Å²) in [4.78, 5) is 15.5. The number of carbonyl (C=O) groups is 1. The molecule has 0 bridgehead atoms. The van der Waals surface area contributed by atoms with Gasteiger partial charge in [-0.2, -0.15) is 0 Å². The van der Waals surface area contributed by atoms with Crippen molar-refractivity contribution in [2.75, 3.05) is 40.3 Å². The van der Waals surface area contributed by atoms with Crippen molar-refractivity contribution >= 4 is 5.91 Å². The van der Waals surface area contributed by atoms with E-state index in [1.807, 2.05) is 23.9 Å². The Bertz CT molecular complexity index is 194. The molecule has 4 nitrogen and oxygen atoms in total. The summed E-state index contributed by atoms with van der Waals surface area (Å²) in [6, 6.07) is 0. The van der Waals surface area contributed by atoms with Crippen LogP contribution in [0.25, 0.3) is 0 Å². The first-order valence-corrected chi connectivity index (χ1v) is 5.26. The van der Waals surface area contributed by atoms with Gasteiger partial charge in [0.05, 0.1) is 6.54 Å². The molecular formula is C10H21N3O. The lowest BCUT2D eigenvalue weighted by molar-refractivity contribution is -0.130. The molecule has 1 heterocycles. The zero-order chi connectivity index (χ0) is 10.6. The molecule has 1 amide bonds. The Labute approximate surface area is 86.0 Å². The van der Waals surface area contributed by atoms with Gasteiger partial charge in [0.15, 0.2) is 0 Å². The van der Waals surface area contributed by atoms with Crippen molar-refractivity contribution in [1.82, 2.24) is 9.80 Å². The second-order valence-corrected chi connectivity index (χ2v) is 4.31. The summed E-state index contributed by atoms with van der Waals surface area (Å²) in [6.07, 6.45) is 2.17. The van der Waals surface area contributed by atoms with Crippen molar-refractivity contribution in [3.8, 4) is 0 Å². The summed E-state index contributed by atoms with van der Waals surface area (Å²) in [5.41, 5.74) is 5.50. The van der Waals surface area contributed by atoms with E-state index in [4.69, 9.17) is 5.73 Å². The third-order valence-electron chi connectivity index (χ3n) is 2.66. The second-order valence-electron chi connectivity index (χ2n) is 4.31. The van der Waals surface area contributed by atoms with Gasteiger partial charge < -0.3 is 15.5 Å². The zero-order valence-electron chi connectivity index (χ0n) is 9.20. The Balaban J connectivity index is 2.30. The predicted octanol–water partition coefficient (Wildman–Crippen LogP) is -0.255. The largest absolute Gasteiger partial charge is 0.341 e. The molecule has 2 N–H and O–H groups in total. The zero-order valence-corrected chi connectivity index (χ0v) is 9.20. The summed E-state index contributed by atoms with van der Waals surface area (Å²) in [6.45, 7) is 3.08. The van der Waals surface area contributed by atoms with Crippen LogP contribution in [0.4, 0.5) is 0 Å². The molecule has 1 fully saturated rings. The van der Waals surface area contributed by atoms with Crippen molar-refractivity contribution < 1.29 is 4.79 Å². The smallest absolute Gasteiger partial charge is 0.236 e. The van der Waals surface area contributed by atoms with Gasteiger partial charge in [-0.1, -0.05) is 0 Å². The van der Waals surface area contributed by atoms with Crippen LogP contribution in [0.15, 0.2) is 0 Å². The van der Waals surface area contributed by atoms with Crippen LogP contribution in [0.1, 0.15) is 12.8 Å². The summed E-state index contributed by atoms with van der Waals surface area (Å²) >= 11 is 0. The van der Waals surface area contributed by atoms with Gasteiger partial charge in [-0.3, -0.25) is 4.79 Å². The molecule has 0 aromatic carbocycles. The van der Waals surface area contributed by atoms with E-state index in [9.17, 15) is 4.79 Å². The average molecular weight is 199 g/mol. The number of likely N-dealkylation sites (N-methyl/N-ethyl adjacent to an activating group) is 1. The van der Waals surface area contributed by atoms with E-state index < -0.39 is 0 Å². The van der Waals surface area contributed by atoms with Crippen LogP contribution in [-0.2, 0) is 4.79 Å². The molecule has 0 saturated carbocycles. The van der Waals surface area contributed by atoms with Gasteiger partial charge in [-0.15, -0.1) is 0 Å². The Hall–Kier alpha value is -0.610. The van der Waals surface area contributed by atoms with Gasteiger partial charge in [0.2, 0.25) is 5.91 Å². The van der Waals surface area contributed by atoms with Gasteiger partial charge in [0, 0.05) is 13.1 Å². The van der Waals surface area contributed by atoms with Crippen molar-refractivity contribution in [3.05, 3.63) is 0 Å². The minimum atomic E-state index is 0.245. The fourth-order valence-electron chi connectivity index (χ4n) is 1.90. The van der Waals surface area contributed by atoms with E-state index in [1.165, 1.54) is 0 Å². The number of rotatable bonds is 4. The van der Waals surface area contributed by atoms with E-state index in [2.05, 4.69) is 0 Å². The van der Waals surface area contributed by atoms with Gasteiger partial charge >= 0.3 is 0 Å². The van der Waals surface area contributed by atoms with Gasteiger partial charge in [-0.25, -0.2) is 0 Å². The monoisotopic (exact) mass is 199 g/mol. The topological polar surface area (TPSA) is 49.6 Å². The highest BCUT2D eigenvalue weighted by Crippen LogP contribution is 2.18. The normalized spacial score (nSPS) is 22.0. The number of nitrogens with two attached hydrogens (primary N) is 1. The minimum Gasteiger partial charge on any atom is -0.341 e. The first kappa shape index (κ1) is 11.5.